The van der Waals surface area contributed by atoms with Gasteiger partial charge in [0.2, 0.25) is 5.82 Å². The van der Waals surface area contributed by atoms with Crippen molar-refractivity contribution in [3.63, 3.8) is 0 Å². The summed E-state index contributed by atoms with van der Waals surface area (Å²) in [6.07, 6.45) is 0. The van der Waals surface area contributed by atoms with E-state index in [-0.39, 0.29) is 0 Å². The third-order valence-corrected chi connectivity index (χ3v) is 1.90. The molecule has 0 spiro atoms. The van der Waals surface area contributed by atoms with Gasteiger partial charge in [-0.1, -0.05) is 11.3 Å². The lowest BCUT2D eigenvalue weighted by molar-refractivity contribution is 0.881. The molecule has 56 valence electrons. The summed E-state index contributed by atoms with van der Waals surface area (Å²) in [5.41, 5.74) is 0. The van der Waals surface area contributed by atoms with Crippen molar-refractivity contribution in [2.45, 2.75) is 6.92 Å². The lowest BCUT2D eigenvalue weighted by Gasteiger charge is -1.77. The van der Waals surface area contributed by atoms with Gasteiger partial charge in [0.1, 0.15) is 5.01 Å². The largest absolute Gasteiger partial charge is 0.235 e. The molecule has 2 aromatic heterocycles. The molecule has 0 aliphatic heterocycles. The minimum absolute atomic E-state index is 0.496. The van der Waals surface area contributed by atoms with Gasteiger partial charge in [-0.25, -0.2) is 0 Å². The van der Waals surface area contributed by atoms with Gasteiger partial charge in [0.05, 0.1) is 0 Å². The van der Waals surface area contributed by atoms with Crippen molar-refractivity contribution in [1.29, 1.82) is 0 Å². The van der Waals surface area contributed by atoms with Crippen molar-refractivity contribution in [3.05, 3.63) is 5.01 Å². The molecule has 0 atom stereocenters. The second-order valence-electron chi connectivity index (χ2n) is 1.86. The van der Waals surface area contributed by atoms with Crippen molar-refractivity contribution in [3.8, 4) is 10.8 Å². The minimum Gasteiger partial charge on any atom is -0.177 e. The zero-order chi connectivity index (χ0) is 7.68. The molecule has 0 aromatic carbocycles. The fourth-order valence-electron chi connectivity index (χ4n) is 0.639. The SMILES string of the molecule is Cc1nnc(-c2nn[nH]n2)s1. The maximum Gasteiger partial charge on any atom is 0.235 e. The molecule has 6 nitrogen and oxygen atoms in total. The smallest absolute Gasteiger partial charge is 0.177 e. The fourth-order valence-corrected chi connectivity index (χ4v) is 1.26. The van der Waals surface area contributed by atoms with Crippen molar-refractivity contribution in [2.75, 3.05) is 0 Å². The van der Waals surface area contributed by atoms with Gasteiger partial charge in [-0.15, -0.1) is 20.4 Å². The Morgan fingerprint density at radius 1 is 1.27 bits per heavy atom. The summed E-state index contributed by atoms with van der Waals surface area (Å²) >= 11 is 1.44. The molecule has 0 radical (unpaired) electrons. The first-order valence-electron chi connectivity index (χ1n) is 2.90. The number of nitrogens with one attached hydrogen (secondary N) is 1. The van der Waals surface area contributed by atoms with Crippen LogP contribution < -0.4 is 0 Å². The van der Waals surface area contributed by atoms with Crippen molar-refractivity contribution >= 4 is 11.3 Å². The molecule has 0 aliphatic rings. The van der Waals surface area contributed by atoms with Crippen molar-refractivity contribution in [1.82, 2.24) is 30.8 Å². The number of H-pyrrole nitrogens is 1. The second-order valence-corrected chi connectivity index (χ2v) is 3.04. The Kier molecular flexibility index (Phi) is 1.35. The van der Waals surface area contributed by atoms with Gasteiger partial charge in [-0.2, -0.15) is 5.21 Å². The van der Waals surface area contributed by atoms with E-state index in [9.17, 15) is 0 Å². The molecular weight excluding hydrogens is 164 g/mol. The number of tetrazole rings is 1. The van der Waals surface area contributed by atoms with Gasteiger partial charge in [0.25, 0.3) is 0 Å². The Labute approximate surface area is 65.7 Å². The molecular formula is C4H4N6S. The Hall–Kier alpha value is -1.37. The van der Waals surface area contributed by atoms with Crippen molar-refractivity contribution in [2.24, 2.45) is 0 Å². The molecule has 2 heterocycles. The third-order valence-electron chi connectivity index (χ3n) is 1.06. The second kappa shape index (κ2) is 2.35. The summed E-state index contributed by atoms with van der Waals surface area (Å²) in [6.45, 7) is 1.88. The molecule has 0 saturated carbocycles. The highest BCUT2D eigenvalue weighted by molar-refractivity contribution is 7.14. The number of aryl methyl sites for hydroxylation is 1. The van der Waals surface area contributed by atoms with E-state index in [0.29, 0.717) is 10.8 Å². The lowest BCUT2D eigenvalue weighted by atomic mass is 10.7. The van der Waals surface area contributed by atoms with Crippen LogP contribution in [0.2, 0.25) is 0 Å². The summed E-state index contributed by atoms with van der Waals surface area (Å²) in [6, 6.07) is 0. The summed E-state index contributed by atoms with van der Waals surface area (Å²) in [4.78, 5) is 0. The molecule has 2 aromatic rings. The predicted molar refractivity (Wildman–Crippen MR) is 37.8 cm³/mol. The van der Waals surface area contributed by atoms with Gasteiger partial charge in [-0.05, 0) is 12.1 Å². The summed E-state index contributed by atoms with van der Waals surface area (Å²) in [5.74, 6) is 0.496. The summed E-state index contributed by atoms with van der Waals surface area (Å²) < 4.78 is 0. The first-order valence-corrected chi connectivity index (χ1v) is 3.72. The van der Waals surface area contributed by atoms with E-state index in [0.717, 1.165) is 5.01 Å². The molecule has 0 fully saturated rings. The normalized spacial score (nSPS) is 10.3. The van der Waals surface area contributed by atoms with Gasteiger partial charge in [0, 0.05) is 0 Å². The molecule has 7 heteroatoms. The maximum absolute atomic E-state index is 3.84. The highest BCUT2D eigenvalue weighted by Gasteiger charge is 2.07. The van der Waals surface area contributed by atoms with E-state index < -0.39 is 0 Å². The van der Waals surface area contributed by atoms with Crippen LogP contribution in [-0.4, -0.2) is 30.8 Å². The Bertz CT molecular complexity index is 337. The topological polar surface area (TPSA) is 80.2 Å². The highest BCUT2D eigenvalue weighted by atomic mass is 32.1. The van der Waals surface area contributed by atoms with Gasteiger partial charge >= 0.3 is 0 Å². The molecule has 0 saturated heterocycles. The predicted octanol–water partition coefficient (Wildman–Crippen LogP) is 0.0266. The molecule has 1 N–H and O–H groups in total. The Morgan fingerprint density at radius 2 is 2.18 bits per heavy atom. The van der Waals surface area contributed by atoms with Crippen LogP contribution in [0.15, 0.2) is 0 Å². The Morgan fingerprint density at radius 3 is 2.73 bits per heavy atom. The third kappa shape index (κ3) is 1.09. The average molecular weight is 168 g/mol. The van der Waals surface area contributed by atoms with Crippen LogP contribution in [0.4, 0.5) is 0 Å². The van der Waals surface area contributed by atoms with Gasteiger partial charge < -0.3 is 0 Å². The maximum atomic E-state index is 3.84. The number of rotatable bonds is 1. The Balaban J connectivity index is 2.45. The van der Waals surface area contributed by atoms with E-state index in [1.807, 2.05) is 6.92 Å². The number of nitrogens with zero attached hydrogens (tertiary/aromatic N) is 5. The lowest BCUT2D eigenvalue weighted by Crippen LogP contribution is -1.78. The minimum atomic E-state index is 0.496. The molecule has 0 amide bonds. The van der Waals surface area contributed by atoms with Gasteiger partial charge in [0.15, 0.2) is 5.01 Å². The molecule has 0 unspecified atom stereocenters. The van der Waals surface area contributed by atoms with E-state index in [2.05, 4.69) is 30.8 Å². The summed E-state index contributed by atoms with van der Waals surface area (Å²) in [7, 11) is 0. The van der Waals surface area contributed by atoms with E-state index >= 15 is 0 Å². The average Bonchev–Trinajstić information content (AvgIpc) is 2.55. The zero-order valence-electron chi connectivity index (χ0n) is 5.64. The molecule has 11 heavy (non-hydrogen) atoms. The molecule has 0 bridgehead atoms. The monoisotopic (exact) mass is 168 g/mol. The number of aromatic nitrogens is 6. The van der Waals surface area contributed by atoms with Crippen LogP contribution in [0.5, 0.6) is 0 Å². The number of aromatic amines is 1. The van der Waals surface area contributed by atoms with Crippen LogP contribution >= 0.6 is 11.3 Å². The van der Waals surface area contributed by atoms with E-state index in [4.69, 9.17) is 0 Å². The van der Waals surface area contributed by atoms with Gasteiger partial charge in [-0.3, -0.25) is 0 Å². The quantitative estimate of drug-likeness (QED) is 0.649. The number of hydrogen-bond acceptors (Lipinski definition) is 6. The standard InChI is InChI=1S/C4H4N6S/c1-2-5-8-4(11-2)3-6-9-10-7-3/h1H3,(H,6,7,9,10). The highest BCUT2D eigenvalue weighted by Crippen LogP contribution is 2.16. The zero-order valence-corrected chi connectivity index (χ0v) is 6.46. The fraction of sp³-hybridized carbons (Fsp3) is 0.250. The molecule has 2 rings (SSSR count). The first-order chi connectivity index (χ1) is 5.36. The van der Waals surface area contributed by atoms with E-state index in [1.54, 1.807) is 0 Å². The van der Waals surface area contributed by atoms with Crippen LogP contribution in [0, 0.1) is 6.92 Å². The van der Waals surface area contributed by atoms with E-state index in [1.165, 1.54) is 11.3 Å². The summed E-state index contributed by atoms with van der Waals surface area (Å²) in [5, 5.41) is 22.5. The van der Waals surface area contributed by atoms with Crippen LogP contribution in [-0.2, 0) is 0 Å². The molecule has 0 aliphatic carbocycles. The van der Waals surface area contributed by atoms with Crippen LogP contribution in [0.25, 0.3) is 10.8 Å². The number of hydrogen-bond donors (Lipinski definition) is 1. The first kappa shape index (κ1) is 6.35. The van der Waals surface area contributed by atoms with Crippen LogP contribution in [0.3, 0.4) is 0 Å². The van der Waals surface area contributed by atoms with Crippen molar-refractivity contribution < 1.29 is 0 Å². The van der Waals surface area contributed by atoms with Crippen LogP contribution in [0.1, 0.15) is 5.01 Å².